The molecule has 0 radical (unpaired) electrons. The van der Waals surface area contributed by atoms with Crippen molar-refractivity contribution in [1.29, 1.82) is 0 Å². The number of amides is 1. The van der Waals surface area contributed by atoms with Gasteiger partial charge in [-0.05, 0) is 53.8 Å². The molecule has 2 aromatic rings. The molecule has 0 aliphatic carbocycles. The molecular weight excluding hydrogens is 414 g/mol. The quantitative estimate of drug-likeness (QED) is 0.452. The first kappa shape index (κ1) is 24.2. The number of aliphatic hydroxyl groups excluding tert-OH is 4. The van der Waals surface area contributed by atoms with Crippen LogP contribution < -0.4 is 10.1 Å². The second-order valence-corrected chi connectivity index (χ2v) is 8.43. The van der Waals surface area contributed by atoms with E-state index in [1.54, 1.807) is 45.2 Å². The largest absolute Gasteiger partial charge is 0.462 e. The number of hydrogen-bond acceptors (Lipinski definition) is 7. The van der Waals surface area contributed by atoms with Crippen molar-refractivity contribution in [2.75, 3.05) is 7.05 Å². The van der Waals surface area contributed by atoms with E-state index in [4.69, 9.17) is 9.47 Å². The summed E-state index contributed by atoms with van der Waals surface area (Å²) in [5.74, 6) is 0.0109. The first-order valence-corrected chi connectivity index (χ1v) is 10.6. The summed E-state index contributed by atoms with van der Waals surface area (Å²) in [4.78, 5) is 11.9. The highest BCUT2D eigenvalue weighted by molar-refractivity contribution is 5.95. The molecular formula is C24H31NO7. The zero-order valence-corrected chi connectivity index (χ0v) is 18.6. The van der Waals surface area contributed by atoms with Crippen LogP contribution in [0.4, 0.5) is 0 Å². The number of carbonyl (C=O) groups is 1. The Bertz CT molecular complexity index is 948. The Balaban J connectivity index is 1.81. The van der Waals surface area contributed by atoms with Crippen molar-refractivity contribution in [3.63, 3.8) is 0 Å². The van der Waals surface area contributed by atoms with Crippen molar-refractivity contribution in [2.24, 2.45) is 5.92 Å². The first-order chi connectivity index (χ1) is 15.1. The highest BCUT2D eigenvalue weighted by Gasteiger charge is 2.48. The molecule has 0 bridgehead atoms. The molecule has 8 heteroatoms. The average Bonchev–Trinajstić information content (AvgIpc) is 2.79. The summed E-state index contributed by atoms with van der Waals surface area (Å²) >= 11 is 0. The summed E-state index contributed by atoms with van der Waals surface area (Å²) in [5.41, 5.74) is 3.01. The van der Waals surface area contributed by atoms with Crippen molar-refractivity contribution in [1.82, 2.24) is 5.32 Å². The van der Waals surface area contributed by atoms with Crippen LogP contribution in [0.2, 0.25) is 0 Å². The first-order valence-electron chi connectivity index (χ1n) is 10.6. The molecule has 1 fully saturated rings. The van der Waals surface area contributed by atoms with E-state index in [2.05, 4.69) is 5.32 Å². The molecule has 1 heterocycles. The van der Waals surface area contributed by atoms with E-state index in [9.17, 15) is 25.2 Å². The Hall–Kier alpha value is -2.49. The normalized spacial score (nSPS) is 26.6. The maximum atomic E-state index is 11.9. The Morgan fingerprint density at radius 2 is 1.72 bits per heavy atom. The molecule has 1 amide bonds. The summed E-state index contributed by atoms with van der Waals surface area (Å²) in [7, 11) is 1.58. The third kappa shape index (κ3) is 4.95. The Morgan fingerprint density at radius 3 is 2.34 bits per heavy atom. The van der Waals surface area contributed by atoms with Crippen molar-refractivity contribution in [3.8, 4) is 16.9 Å². The molecule has 0 aromatic heterocycles. The smallest absolute Gasteiger partial charge is 0.251 e. The Morgan fingerprint density at radius 1 is 1.03 bits per heavy atom. The number of benzene rings is 2. The third-order valence-electron chi connectivity index (χ3n) is 5.73. The topological polar surface area (TPSA) is 128 Å². The predicted molar refractivity (Wildman–Crippen MR) is 118 cm³/mol. The van der Waals surface area contributed by atoms with Gasteiger partial charge < -0.3 is 35.2 Å². The van der Waals surface area contributed by atoms with Crippen LogP contribution in [0.1, 0.15) is 29.8 Å². The predicted octanol–water partition coefficient (Wildman–Crippen LogP) is 1.22. The van der Waals surface area contributed by atoms with E-state index >= 15 is 0 Å². The molecule has 6 unspecified atom stereocenters. The van der Waals surface area contributed by atoms with Crippen LogP contribution in [-0.2, 0) is 4.74 Å². The molecule has 0 spiro atoms. The zero-order valence-electron chi connectivity index (χ0n) is 18.6. The summed E-state index contributed by atoms with van der Waals surface area (Å²) in [5, 5.41) is 43.8. The molecule has 32 heavy (non-hydrogen) atoms. The summed E-state index contributed by atoms with van der Waals surface area (Å²) in [6, 6.07) is 12.6. The molecule has 3 rings (SSSR count). The van der Waals surface area contributed by atoms with Gasteiger partial charge in [0.25, 0.3) is 5.91 Å². The fourth-order valence-corrected chi connectivity index (χ4v) is 3.70. The van der Waals surface area contributed by atoms with Crippen LogP contribution >= 0.6 is 0 Å². The highest BCUT2D eigenvalue weighted by atomic mass is 16.7. The van der Waals surface area contributed by atoms with E-state index in [0.29, 0.717) is 11.3 Å². The number of aryl methyl sites for hydroxylation is 1. The van der Waals surface area contributed by atoms with E-state index in [-0.39, 0.29) is 11.8 Å². The van der Waals surface area contributed by atoms with E-state index in [1.807, 2.05) is 25.1 Å². The number of nitrogens with one attached hydrogen (secondary N) is 1. The number of ether oxygens (including phenoxy) is 2. The van der Waals surface area contributed by atoms with Gasteiger partial charge in [-0.1, -0.05) is 32.0 Å². The van der Waals surface area contributed by atoms with Gasteiger partial charge in [0.1, 0.15) is 30.2 Å². The number of rotatable bonds is 6. The molecule has 1 aliphatic rings. The van der Waals surface area contributed by atoms with Gasteiger partial charge in [0.15, 0.2) is 0 Å². The number of hydrogen-bond donors (Lipinski definition) is 5. The average molecular weight is 446 g/mol. The van der Waals surface area contributed by atoms with Gasteiger partial charge in [0.05, 0.1) is 6.10 Å². The molecule has 1 saturated heterocycles. The molecule has 0 saturated carbocycles. The lowest BCUT2D eigenvalue weighted by molar-refractivity contribution is -0.291. The van der Waals surface area contributed by atoms with Gasteiger partial charge in [0, 0.05) is 12.6 Å². The van der Waals surface area contributed by atoms with Crippen LogP contribution in [0.3, 0.4) is 0 Å². The fraction of sp³-hybridized carbons (Fsp3) is 0.458. The van der Waals surface area contributed by atoms with Crippen molar-refractivity contribution >= 4 is 5.91 Å². The van der Waals surface area contributed by atoms with Gasteiger partial charge >= 0.3 is 0 Å². The maximum absolute atomic E-state index is 11.9. The van der Waals surface area contributed by atoms with Crippen LogP contribution in [0.5, 0.6) is 5.75 Å². The van der Waals surface area contributed by atoms with Gasteiger partial charge in [-0.15, -0.1) is 0 Å². The van der Waals surface area contributed by atoms with Crippen LogP contribution in [0.15, 0.2) is 42.5 Å². The minimum Gasteiger partial charge on any atom is -0.462 e. The minimum absolute atomic E-state index is 0.175. The number of carbonyl (C=O) groups excluding carboxylic acids is 1. The number of aliphatic hydroxyl groups is 4. The summed E-state index contributed by atoms with van der Waals surface area (Å²) in [6.45, 7) is 5.34. The van der Waals surface area contributed by atoms with Gasteiger partial charge in [-0.25, -0.2) is 0 Å². The van der Waals surface area contributed by atoms with E-state index in [0.717, 1.165) is 16.7 Å². The summed E-state index contributed by atoms with van der Waals surface area (Å²) in [6.07, 6.45) is -7.89. The Kier molecular flexibility index (Phi) is 7.53. The molecule has 174 valence electrons. The highest BCUT2D eigenvalue weighted by Crippen LogP contribution is 2.31. The molecule has 8 nitrogen and oxygen atoms in total. The lowest BCUT2D eigenvalue weighted by Crippen LogP contribution is -2.62. The fourth-order valence-electron chi connectivity index (χ4n) is 3.70. The van der Waals surface area contributed by atoms with Crippen LogP contribution in [0.25, 0.3) is 11.1 Å². The molecule has 5 N–H and O–H groups in total. The second kappa shape index (κ2) is 9.97. The van der Waals surface area contributed by atoms with E-state index < -0.39 is 36.8 Å². The van der Waals surface area contributed by atoms with E-state index in [1.165, 1.54) is 0 Å². The third-order valence-corrected chi connectivity index (χ3v) is 5.73. The van der Waals surface area contributed by atoms with Crippen molar-refractivity contribution in [2.45, 2.75) is 57.6 Å². The maximum Gasteiger partial charge on any atom is 0.251 e. The standard InChI is InChI=1S/C24H31NO7/c1-12(2)18(26)22-20(28)19(27)21(29)24(32-22)31-17-9-8-15(10-13(17)3)14-6-5-7-16(11-14)23(30)25-4/h5-12,18-22,24,26-29H,1-4H3,(H,25,30). The van der Waals surface area contributed by atoms with Gasteiger partial charge in [-0.3, -0.25) is 4.79 Å². The van der Waals surface area contributed by atoms with Gasteiger partial charge in [0.2, 0.25) is 6.29 Å². The lowest BCUT2D eigenvalue weighted by atomic mass is 9.90. The monoisotopic (exact) mass is 445 g/mol. The molecule has 1 aliphatic heterocycles. The summed E-state index contributed by atoms with van der Waals surface area (Å²) < 4.78 is 11.5. The zero-order chi connectivity index (χ0) is 23.6. The molecule has 6 atom stereocenters. The second-order valence-electron chi connectivity index (χ2n) is 8.43. The van der Waals surface area contributed by atoms with Gasteiger partial charge in [-0.2, -0.15) is 0 Å². The minimum atomic E-state index is -1.53. The van der Waals surface area contributed by atoms with Crippen LogP contribution in [0, 0.1) is 12.8 Å². The lowest BCUT2D eigenvalue weighted by Gasteiger charge is -2.42. The van der Waals surface area contributed by atoms with Crippen molar-refractivity contribution in [3.05, 3.63) is 53.6 Å². The SMILES string of the molecule is CNC(=O)c1cccc(-c2ccc(OC3OC(C(O)C(C)C)C(O)C(O)C3O)c(C)c2)c1. The molecule has 2 aromatic carbocycles. The van der Waals surface area contributed by atoms with Crippen molar-refractivity contribution < 1.29 is 34.7 Å². The van der Waals surface area contributed by atoms with Crippen LogP contribution in [-0.4, -0.2) is 70.2 Å². The Labute approximate surface area is 187 Å².